The zero-order valence-corrected chi connectivity index (χ0v) is 11.5. The predicted molar refractivity (Wildman–Crippen MR) is 77.3 cm³/mol. The molecule has 0 amide bonds. The molecular weight excluding hydrogens is 274 g/mol. The first-order chi connectivity index (χ1) is 10.1. The Morgan fingerprint density at radius 1 is 1.38 bits per heavy atom. The fourth-order valence-electron chi connectivity index (χ4n) is 1.74. The number of rotatable bonds is 6. The molecule has 0 bridgehead atoms. The van der Waals surface area contributed by atoms with Gasteiger partial charge < -0.3 is 9.88 Å². The van der Waals surface area contributed by atoms with Crippen molar-refractivity contribution in [1.82, 2.24) is 14.5 Å². The van der Waals surface area contributed by atoms with Gasteiger partial charge in [-0.3, -0.25) is 19.9 Å². The average molecular weight is 289 g/mol. The minimum absolute atomic E-state index is 0.140. The van der Waals surface area contributed by atoms with Crippen LogP contribution in [0.5, 0.6) is 0 Å². The zero-order valence-electron chi connectivity index (χ0n) is 11.5. The molecule has 0 saturated heterocycles. The van der Waals surface area contributed by atoms with Crippen LogP contribution in [-0.2, 0) is 6.54 Å². The molecule has 8 nitrogen and oxygen atoms in total. The van der Waals surface area contributed by atoms with E-state index in [0.717, 1.165) is 13.0 Å². The van der Waals surface area contributed by atoms with Crippen molar-refractivity contribution < 1.29 is 4.92 Å². The maximum atomic E-state index is 11.9. The molecule has 8 heteroatoms. The molecule has 0 atom stereocenters. The van der Waals surface area contributed by atoms with E-state index in [1.165, 1.54) is 22.9 Å². The number of hydrogen-bond donors (Lipinski definition) is 1. The monoisotopic (exact) mass is 289 g/mol. The Bertz CT molecular complexity index is 681. The second kappa shape index (κ2) is 6.60. The number of hydrogen-bond acceptors (Lipinski definition) is 6. The molecule has 0 fully saturated rings. The fourth-order valence-corrected chi connectivity index (χ4v) is 1.74. The number of nitro groups is 1. The Kier molecular flexibility index (Phi) is 4.60. The largest absolute Gasteiger partial charge is 0.369 e. The van der Waals surface area contributed by atoms with Crippen molar-refractivity contribution in [3.63, 3.8) is 0 Å². The van der Waals surface area contributed by atoms with Crippen LogP contribution in [0.4, 0.5) is 11.5 Å². The highest BCUT2D eigenvalue weighted by atomic mass is 16.6. The topological polar surface area (TPSA) is 103 Å². The van der Waals surface area contributed by atoms with Crippen molar-refractivity contribution in [2.24, 2.45) is 0 Å². The van der Waals surface area contributed by atoms with Gasteiger partial charge in [0.15, 0.2) is 0 Å². The van der Waals surface area contributed by atoms with Gasteiger partial charge in [-0.25, -0.2) is 4.98 Å². The van der Waals surface area contributed by atoms with Gasteiger partial charge in [-0.1, -0.05) is 6.92 Å². The number of nitrogens with one attached hydrogen (secondary N) is 1. The summed E-state index contributed by atoms with van der Waals surface area (Å²) < 4.78 is 1.24. The molecule has 2 aromatic heterocycles. The molecular formula is C13H15N5O3. The van der Waals surface area contributed by atoms with Gasteiger partial charge in [0.05, 0.1) is 29.6 Å². The van der Waals surface area contributed by atoms with Crippen molar-refractivity contribution in [3.05, 3.63) is 56.9 Å². The highest BCUT2D eigenvalue weighted by molar-refractivity contribution is 5.31. The van der Waals surface area contributed by atoms with Crippen molar-refractivity contribution >= 4 is 11.5 Å². The zero-order chi connectivity index (χ0) is 15.2. The van der Waals surface area contributed by atoms with Crippen LogP contribution in [0.15, 0.2) is 35.5 Å². The molecule has 0 aliphatic carbocycles. The van der Waals surface area contributed by atoms with Gasteiger partial charge in [-0.15, -0.1) is 0 Å². The summed E-state index contributed by atoms with van der Waals surface area (Å²) >= 11 is 0. The molecule has 0 aliphatic heterocycles. The summed E-state index contributed by atoms with van der Waals surface area (Å²) in [5.74, 6) is 0.659. The van der Waals surface area contributed by atoms with Crippen LogP contribution in [0.2, 0.25) is 0 Å². The molecule has 1 N–H and O–H groups in total. The van der Waals surface area contributed by atoms with E-state index in [-0.39, 0.29) is 6.54 Å². The summed E-state index contributed by atoms with van der Waals surface area (Å²) in [6.07, 6.45) is 5.59. The minimum Gasteiger partial charge on any atom is -0.369 e. The maximum absolute atomic E-state index is 11.9. The molecule has 0 radical (unpaired) electrons. The number of anilines is 1. The molecule has 21 heavy (non-hydrogen) atoms. The van der Waals surface area contributed by atoms with E-state index >= 15 is 0 Å². The van der Waals surface area contributed by atoms with E-state index in [4.69, 9.17) is 0 Å². The van der Waals surface area contributed by atoms with Crippen LogP contribution >= 0.6 is 0 Å². The second-order valence-corrected chi connectivity index (χ2v) is 4.40. The molecule has 0 aliphatic rings. The first-order valence-electron chi connectivity index (χ1n) is 6.50. The minimum atomic E-state index is -0.692. The fraction of sp³-hybridized carbons (Fsp3) is 0.308. The number of nitrogens with zero attached hydrogens (tertiary/aromatic N) is 4. The Labute approximate surface area is 120 Å². The summed E-state index contributed by atoms with van der Waals surface area (Å²) in [7, 11) is 0. The molecule has 0 aromatic carbocycles. The lowest BCUT2D eigenvalue weighted by molar-refractivity contribution is -0.386. The van der Waals surface area contributed by atoms with E-state index in [1.54, 1.807) is 12.4 Å². The lowest BCUT2D eigenvalue weighted by atomic mass is 10.3. The number of aromatic nitrogens is 3. The Morgan fingerprint density at radius 3 is 2.81 bits per heavy atom. The third kappa shape index (κ3) is 3.62. The van der Waals surface area contributed by atoms with E-state index in [2.05, 4.69) is 15.3 Å². The van der Waals surface area contributed by atoms with Gasteiger partial charge in [-0.2, -0.15) is 0 Å². The first kappa shape index (κ1) is 14.6. The second-order valence-electron chi connectivity index (χ2n) is 4.40. The molecule has 110 valence electrons. The van der Waals surface area contributed by atoms with Crippen LogP contribution < -0.4 is 10.9 Å². The average Bonchev–Trinajstić information content (AvgIpc) is 2.48. The molecule has 0 unspecified atom stereocenters. The summed E-state index contributed by atoms with van der Waals surface area (Å²) in [6.45, 7) is 2.99. The molecule has 2 heterocycles. The van der Waals surface area contributed by atoms with E-state index < -0.39 is 16.2 Å². The summed E-state index contributed by atoms with van der Waals surface area (Å²) in [5.41, 5.74) is -0.552. The van der Waals surface area contributed by atoms with Crippen molar-refractivity contribution in [2.75, 3.05) is 11.9 Å². The normalized spacial score (nSPS) is 10.3. The maximum Gasteiger partial charge on any atom is 0.334 e. The standard InChI is InChI=1S/C13H15N5O3/c1-2-5-14-12-8-15-10(7-16-12)9-17-6-3-4-11(13(17)19)18(20)21/h3-4,6-8H,2,5,9H2,1H3,(H,14,16). The van der Waals surface area contributed by atoms with Crippen molar-refractivity contribution in [1.29, 1.82) is 0 Å². The van der Waals surface area contributed by atoms with Crippen LogP contribution in [0.3, 0.4) is 0 Å². The van der Waals surface area contributed by atoms with E-state index in [1.807, 2.05) is 6.92 Å². The lowest BCUT2D eigenvalue weighted by Gasteiger charge is -2.06. The Morgan fingerprint density at radius 2 is 2.19 bits per heavy atom. The smallest absolute Gasteiger partial charge is 0.334 e. The quantitative estimate of drug-likeness (QED) is 0.637. The molecule has 2 aromatic rings. The van der Waals surface area contributed by atoms with Crippen LogP contribution in [0.1, 0.15) is 19.0 Å². The van der Waals surface area contributed by atoms with E-state index in [0.29, 0.717) is 11.5 Å². The van der Waals surface area contributed by atoms with Crippen LogP contribution in [0, 0.1) is 10.1 Å². The van der Waals surface area contributed by atoms with Crippen molar-refractivity contribution in [3.8, 4) is 0 Å². The third-order valence-electron chi connectivity index (χ3n) is 2.79. The van der Waals surface area contributed by atoms with Crippen molar-refractivity contribution in [2.45, 2.75) is 19.9 Å². The van der Waals surface area contributed by atoms with Gasteiger partial charge in [0.1, 0.15) is 5.82 Å². The van der Waals surface area contributed by atoms with Crippen LogP contribution in [0.25, 0.3) is 0 Å². The Hall–Kier alpha value is -2.77. The van der Waals surface area contributed by atoms with Gasteiger partial charge in [-0.05, 0) is 12.5 Å². The van der Waals surface area contributed by atoms with Gasteiger partial charge in [0, 0.05) is 18.8 Å². The number of pyridine rings is 1. The first-order valence-corrected chi connectivity index (χ1v) is 6.50. The SMILES string of the molecule is CCCNc1cnc(Cn2cccc([N+](=O)[O-])c2=O)cn1. The van der Waals surface area contributed by atoms with E-state index in [9.17, 15) is 14.9 Å². The van der Waals surface area contributed by atoms with Gasteiger partial charge >= 0.3 is 11.2 Å². The third-order valence-corrected chi connectivity index (χ3v) is 2.79. The highest BCUT2D eigenvalue weighted by Gasteiger charge is 2.13. The molecule has 0 saturated carbocycles. The summed E-state index contributed by atoms with van der Waals surface area (Å²) in [4.78, 5) is 30.3. The van der Waals surface area contributed by atoms with Crippen LogP contribution in [-0.4, -0.2) is 26.0 Å². The predicted octanol–water partition coefficient (Wildman–Crippen LogP) is 1.42. The lowest BCUT2D eigenvalue weighted by Crippen LogP contribution is -2.22. The molecule has 2 rings (SSSR count). The summed E-state index contributed by atoms with van der Waals surface area (Å²) in [5, 5.41) is 13.8. The van der Waals surface area contributed by atoms with Gasteiger partial charge in [0.2, 0.25) is 0 Å². The highest BCUT2D eigenvalue weighted by Crippen LogP contribution is 2.05. The molecule has 0 spiro atoms. The summed E-state index contributed by atoms with van der Waals surface area (Å²) in [6, 6.07) is 2.65. The van der Waals surface area contributed by atoms with Gasteiger partial charge in [0.25, 0.3) is 0 Å². The Balaban J connectivity index is 2.17.